The molecule has 0 radical (unpaired) electrons. The van der Waals surface area contributed by atoms with Gasteiger partial charge in [-0.25, -0.2) is 9.97 Å². The summed E-state index contributed by atoms with van der Waals surface area (Å²) in [5.41, 5.74) is 3.16. The zero-order chi connectivity index (χ0) is 22.3. The maximum Gasteiger partial charge on any atom is 0.226 e. The maximum absolute atomic E-state index is 9.40. The Labute approximate surface area is 186 Å². The summed E-state index contributed by atoms with van der Waals surface area (Å²) in [6, 6.07) is 18.8. The number of rotatable bonds is 9. The minimum Gasteiger partial charge on any atom is -0.493 e. The van der Waals surface area contributed by atoms with E-state index in [1.165, 1.54) is 0 Å². The number of ether oxygens (including phenoxy) is 3. The van der Waals surface area contributed by atoms with Gasteiger partial charge in [0.2, 0.25) is 11.8 Å². The van der Waals surface area contributed by atoms with E-state index in [0.717, 1.165) is 16.8 Å². The quantitative estimate of drug-likeness (QED) is 0.410. The highest BCUT2D eigenvalue weighted by Gasteiger charge is 2.14. The van der Waals surface area contributed by atoms with Crippen LogP contribution in [0.25, 0.3) is 11.5 Å². The summed E-state index contributed by atoms with van der Waals surface area (Å²) in [5, 5.41) is 9.40. The lowest BCUT2D eigenvalue weighted by Crippen LogP contribution is -2.03. The van der Waals surface area contributed by atoms with Gasteiger partial charge in [-0.15, -0.1) is 0 Å². The maximum atomic E-state index is 9.40. The highest BCUT2D eigenvalue weighted by Crippen LogP contribution is 2.30. The van der Waals surface area contributed by atoms with E-state index in [0.29, 0.717) is 34.6 Å². The molecule has 4 rings (SSSR count). The molecule has 0 aliphatic carbocycles. The number of benzene rings is 2. The van der Waals surface area contributed by atoms with Crippen LogP contribution in [0.5, 0.6) is 17.4 Å². The molecule has 0 unspecified atom stereocenters. The summed E-state index contributed by atoms with van der Waals surface area (Å²) in [7, 11) is 1.59. The molecule has 0 saturated carbocycles. The average molecular weight is 432 g/mol. The van der Waals surface area contributed by atoms with E-state index in [1.54, 1.807) is 25.4 Å². The van der Waals surface area contributed by atoms with E-state index in [-0.39, 0.29) is 19.8 Å². The number of oxazole rings is 1. The van der Waals surface area contributed by atoms with E-state index in [1.807, 2.05) is 55.5 Å². The van der Waals surface area contributed by atoms with Crippen LogP contribution in [-0.2, 0) is 19.8 Å². The Morgan fingerprint density at radius 1 is 0.938 bits per heavy atom. The number of hydrogen-bond acceptors (Lipinski definition) is 7. The number of pyridine rings is 1. The second-order valence-corrected chi connectivity index (χ2v) is 7.08. The third-order valence-electron chi connectivity index (χ3n) is 4.90. The summed E-state index contributed by atoms with van der Waals surface area (Å²) in [6.07, 6.45) is 1.63. The van der Waals surface area contributed by atoms with Crippen molar-refractivity contribution in [3.63, 3.8) is 0 Å². The molecule has 0 amide bonds. The second kappa shape index (κ2) is 9.98. The predicted octanol–water partition coefficient (Wildman–Crippen LogP) is 4.70. The first-order valence-corrected chi connectivity index (χ1v) is 10.2. The molecule has 32 heavy (non-hydrogen) atoms. The Balaban J connectivity index is 1.43. The molecule has 2 aromatic carbocycles. The zero-order valence-corrected chi connectivity index (χ0v) is 17.9. The van der Waals surface area contributed by atoms with Crippen molar-refractivity contribution in [2.24, 2.45) is 0 Å². The molecule has 0 bridgehead atoms. The molecule has 0 saturated heterocycles. The van der Waals surface area contributed by atoms with Gasteiger partial charge in [0.05, 0.1) is 13.7 Å². The van der Waals surface area contributed by atoms with E-state index < -0.39 is 0 Å². The number of nitrogens with zero attached hydrogens (tertiary/aromatic N) is 2. The van der Waals surface area contributed by atoms with E-state index in [2.05, 4.69) is 9.97 Å². The van der Waals surface area contributed by atoms with E-state index in [9.17, 15) is 5.11 Å². The highest BCUT2D eigenvalue weighted by atomic mass is 16.5. The van der Waals surface area contributed by atoms with Gasteiger partial charge in [-0.1, -0.05) is 24.3 Å². The molecular weight excluding hydrogens is 408 g/mol. The molecule has 0 atom stereocenters. The molecule has 0 aliphatic heterocycles. The topological polar surface area (TPSA) is 86.8 Å². The van der Waals surface area contributed by atoms with Crippen LogP contribution in [0.3, 0.4) is 0 Å². The Kier molecular flexibility index (Phi) is 6.67. The Morgan fingerprint density at radius 2 is 1.78 bits per heavy atom. The van der Waals surface area contributed by atoms with Gasteiger partial charge in [0.1, 0.15) is 24.7 Å². The van der Waals surface area contributed by atoms with Gasteiger partial charge >= 0.3 is 0 Å². The standard InChI is InChI=1S/C25H24N2O5/c1-17-21(27-25(32-17)19-7-4-3-5-8-19)16-30-22-11-10-18(13-23(22)29-2)15-31-24-20(14-28)9-6-12-26-24/h3-13,28H,14-16H2,1-2H3. The molecule has 0 fully saturated rings. The van der Waals surface area contributed by atoms with Crippen LogP contribution in [0.15, 0.2) is 71.3 Å². The van der Waals surface area contributed by atoms with Crippen molar-refractivity contribution >= 4 is 0 Å². The molecule has 7 heteroatoms. The predicted molar refractivity (Wildman–Crippen MR) is 118 cm³/mol. The van der Waals surface area contributed by atoms with Gasteiger partial charge in [-0.2, -0.15) is 0 Å². The van der Waals surface area contributed by atoms with Crippen molar-refractivity contribution in [3.05, 3.63) is 89.4 Å². The van der Waals surface area contributed by atoms with Crippen molar-refractivity contribution < 1.29 is 23.7 Å². The third-order valence-corrected chi connectivity index (χ3v) is 4.90. The Hall–Kier alpha value is -3.84. The summed E-state index contributed by atoms with van der Waals surface area (Å²) in [6.45, 7) is 2.27. The largest absolute Gasteiger partial charge is 0.493 e. The minimum atomic E-state index is -0.132. The first kappa shape index (κ1) is 21.4. The fraction of sp³-hybridized carbons (Fsp3) is 0.200. The smallest absolute Gasteiger partial charge is 0.226 e. The lowest BCUT2D eigenvalue weighted by molar-refractivity contribution is 0.252. The van der Waals surface area contributed by atoms with Crippen LogP contribution in [0.1, 0.15) is 22.6 Å². The monoisotopic (exact) mass is 432 g/mol. The molecular formula is C25H24N2O5. The van der Waals surface area contributed by atoms with Crippen molar-refractivity contribution in [2.45, 2.75) is 26.7 Å². The van der Waals surface area contributed by atoms with E-state index >= 15 is 0 Å². The van der Waals surface area contributed by atoms with Crippen LogP contribution in [0.2, 0.25) is 0 Å². The molecule has 0 spiro atoms. The lowest BCUT2D eigenvalue weighted by Gasteiger charge is -2.13. The number of aryl methyl sites for hydroxylation is 1. The first-order chi connectivity index (χ1) is 15.7. The van der Waals surface area contributed by atoms with Gasteiger partial charge < -0.3 is 23.7 Å². The van der Waals surface area contributed by atoms with Crippen molar-refractivity contribution in [3.8, 4) is 28.8 Å². The van der Waals surface area contributed by atoms with Crippen molar-refractivity contribution in [1.29, 1.82) is 0 Å². The van der Waals surface area contributed by atoms with Crippen LogP contribution < -0.4 is 14.2 Å². The van der Waals surface area contributed by atoms with Gasteiger partial charge in [-0.3, -0.25) is 0 Å². The van der Waals surface area contributed by atoms with Crippen LogP contribution >= 0.6 is 0 Å². The number of hydrogen-bond donors (Lipinski definition) is 1. The van der Waals surface area contributed by atoms with Crippen molar-refractivity contribution in [2.75, 3.05) is 7.11 Å². The van der Waals surface area contributed by atoms with Gasteiger partial charge in [-0.05, 0) is 48.9 Å². The summed E-state index contributed by atoms with van der Waals surface area (Å²) < 4.78 is 23.0. The number of aliphatic hydroxyl groups excluding tert-OH is 1. The molecule has 0 aliphatic rings. The Bertz CT molecular complexity index is 1170. The normalized spacial score (nSPS) is 10.7. The van der Waals surface area contributed by atoms with Crippen LogP contribution in [-0.4, -0.2) is 22.2 Å². The second-order valence-electron chi connectivity index (χ2n) is 7.08. The number of aromatic nitrogens is 2. The minimum absolute atomic E-state index is 0.132. The van der Waals surface area contributed by atoms with Gasteiger partial charge in [0.25, 0.3) is 0 Å². The third kappa shape index (κ3) is 4.90. The fourth-order valence-electron chi connectivity index (χ4n) is 3.16. The summed E-state index contributed by atoms with van der Waals surface area (Å²) >= 11 is 0. The molecule has 2 aromatic heterocycles. The lowest BCUT2D eigenvalue weighted by atomic mass is 10.2. The summed E-state index contributed by atoms with van der Waals surface area (Å²) in [4.78, 5) is 8.73. The highest BCUT2D eigenvalue weighted by molar-refractivity contribution is 5.53. The zero-order valence-electron chi connectivity index (χ0n) is 17.9. The average Bonchev–Trinajstić information content (AvgIpc) is 3.22. The van der Waals surface area contributed by atoms with Gasteiger partial charge in [0, 0.05) is 17.3 Å². The molecule has 164 valence electrons. The molecule has 7 nitrogen and oxygen atoms in total. The first-order valence-electron chi connectivity index (χ1n) is 10.2. The molecule has 1 N–H and O–H groups in total. The number of methoxy groups -OCH3 is 1. The van der Waals surface area contributed by atoms with Gasteiger partial charge in [0.15, 0.2) is 11.5 Å². The molecule has 2 heterocycles. The fourth-order valence-corrected chi connectivity index (χ4v) is 3.16. The summed E-state index contributed by atoms with van der Waals surface area (Å²) in [5.74, 6) is 2.86. The number of aliphatic hydroxyl groups is 1. The van der Waals surface area contributed by atoms with E-state index in [4.69, 9.17) is 18.6 Å². The van der Waals surface area contributed by atoms with Crippen molar-refractivity contribution in [1.82, 2.24) is 9.97 Å². The SMILES string of the molecule is COc1cc(COc2ncccc2CO)ccc1OCc1nc(-c2ccccc2)oc1C. The Morgan fingerprint density at radius 3 is 2.56 bits per heavy atom. The van der Waals surface area contributed by atoms with Crippen LogP contribution in [0.4, 0.5) is 0 Å². The van der Waals surface area contributed by atoms with Crippen LogP contribution in [0, 0.1) is 6.92 Å². The molecule has 4 aromatic rings.